The van der Waals surface area contributed by atoms with Crippen LogP contribution in [0.5, 0.6) is 0 Å². The summed E-state index contributed by atoms with van der Waals surface area (Å²) in [6, 6.07) is 6.97. The topological polar surface area (TPSA) is 50.6 Å². The van der Waals surface area contributed by atoms with Crippen LogP contribution in [0.15, 0.2) is 24.4 Å². The summed E-state index contributed by atoms with van der Waals surface area (Å²) in [7, 11) is 2.21. The van der Waals surface area contributed by atoms with Gasteiger partial charge in [0, 0.05) is 30.2 Å². The quantitative estimate of drug-likeness (QED) is 0.593. The van der Waals surface area contributed by atoms with Crippen molar-refractivity contribution in [3.63, 3.8) is 0 Å². The molecule has 176 valence electrons. The zero-order valence-electron chi connectivity index (χ0n) is 20.9. The highest BCUT2D eigenvalue weighted by Crippen LogP contribution is 2.37. The number of benzene rings is 1. The van der Waals surface area contributed by atoms with Crippen molar-refractivity contribution in [2.75, 3.05) is 20.1 Å². The number of rotatable bonds is 2. The number of carbonyl (C=O) groups excluding carboxylic acids is 1. The molecule has 32 heavy (non-hydrogen) atoms. The Bertz CT molecular complexity index is 974. The van der Waals surface area contributed by atoms with E-state index < -0.39 is 5.60 Å². The van der Waals surface area contributed by atoms with Crippen molar-refractivity contribution >= 4 is 17.0 Å². The monoisotopic (exact) mass is 440 g/mol. The average molecular weight is 441 g/mol. The molecule has 1 unspecified atom stereocenters. The molecule has 0 aliphatic carbocycles. The maximum absolute atomic E-state index is 13.0. The van der Waals surface area contributed by atoms with Gasteiger partial charge in [-0.1, -0.05) is 13.0 Å². The molecular weight excluding hydrogens is 400 g/mol. The highest BCUT2D eigenvalue weighted by molar-refractivity contribution is 5.79. The lowest BCUT2D eigenvalue weighted by atomic mass is 9.87. The fourth-order valence-electron chi connectivity index (χ4n) is 5.18. The molecule has 4 rings (SSSR count). The molecule has 2 fully saturated rings. The standard InChI is InChI=1S/C26H40N4O2/c1-18-8-11-23(29(16-18)24(31)32-25(2,3)4)19-9-10-22-20(14-19)17-30(27-22)21-12-13-28(7)26(5,6)15-21/h9-10,14,17-18,21,23H,8,11-13,15-16H2,1-7H3/t18-,21?,23+/m0/s1. The maximum Gasteiger partial charge on any atom is 0.410 e. The number of hydrogen-bond donors (Lipinski definition) is 0. The van der Waals surface area contributed by atoms with Crippen molar-refractivity contribution in [2.45, 2.75) is 90.4 Å². The molecule has 0 N–H and O–H groups in total. The van der Waals surface area contributed by atoms with Crippen LogP contribution in [0.4, 0.5) is 4.79 Å². The first-order chi connectivity index (χ1) is 14.9. The lowest BCUT2D eigenvalue weighted by molar-refractivity contribution is 0.00365. The van der Waals surface area contributed by atoms with Crippen LogP contribution in [0, 0.1) is 5.92 Å². The smallest absolute Gasteiger partial charge is 0.410 e. The molecular formula is C26H40N4O2. The Kier molecular flexibility index (Phi) is 6.03. The second kappa shape index (κ2) is 8.36. The summed E-state index contributed by atoms with van der Waals surface area (Å²) in [5.41, 5.74) is 1.89. The lowest BCUT2D eigenvalue weighted by Crippen LogP contribution is -2.47. The van der Waals surface area contributed by atoms with E-state index in [2.05, 4.69) is 61.8 Å². The van der Waals surface area contributed by atoms with Gasteiger partial charge in [0.1, 0.15) is 5.60 Å². The third kappa shape index (κ3) is 4.80. The predicted octanol–water partition coefficient (Wildman–Crippen LogP) is 5.79. The van der Waals surface area contributed by atoms with Crippen LogP contribution in [0.25, 0.3) is 10.9 Å². The van der Waals surface area contributed by atoms with Crippen molar-refractivity contribution < 1.29 is 9.53 Å². The van der Waals surface area contributed by atoms with Gasteiger partial charge in [-0.25, -0.2) is 4.79 Å². The summed E-state index contributed by atoms with van der Waals surface area (Å²) in [5.74, 6) is 0.484. The van der Waals surface area contributed by atoms with Gasteiger partial charge in [-0.2, -0.15) is 5.10 Å². The predicted molar refractivity (Wildman–Crippen MR) is 129 cm³/mol. The number of piperidine rings is 2. The minimum Gasteiger partial charge on any atom is -0.444 e. The van der Waals surface area contributed by atoms with Gasteiger partial charge in [0.15, 0.2) is 0 Å². The fraction of sp³-hybridized carbons (Fsp3) is 0.692. The zero-order valence-corrected chi connectivity index (χ0v) is 20.9. The fourth-order valence-corrected chi connectivity index (χ4v) is 5.18. The van der Waals surface area contributed by atoms with Gasteiger partial charge >= 0.3 is 6.09 Å². The molecule has 6 nitrogen and oxygen atoms in total. The Hall–Kier alpha value is -2.08. The summed E-state index contributed by atoms with van der Waals surface area (Å²) >= 11 is 0. The van der Waals surface area contributed by atoms with Crippen LogP contribution in [0.1, 0.15) is 84.9 Å². The van der Waals surface area contributed by atoms with E-state index in [-0.39, 0.29) is 17.7 Å². The number of nitrogens with zero attached hydrogens (tertiary/aromatic N) is 4. The first-order valence-corrected chi connectivity index (χ1v) is 12.1. The molecule has 2 aliphatic rings. The maximum atomic E-state index is 13.0. The number of ether oxygens (including phenoxy) is 1. The second-order valence-electron chi connectivity index (χ2n) is 11.6. The van der Waals surface area contributed by atoms with E-state index in [1.54, 1.807) is 0 Å². The van der Waals surface area contributed by atoms with E-state index in [0.717, 1.165) is 49.7 Å². The van der Waals surface area contributed by atoms with Crippen molar-refractivity contribution in [3.8, 4) is 0 Å². The average Bonchev–Trinajstić information content (AvgIpc) is 3.12. The summed E-state index contributed by atoms with van der Waals surface area (Å²) in [4.78, 5) is 17.4. The van der Waals surface area contributed by atoms with Gasteiger partial charge in [0.05, 0.1) is 17.6 Å². The summed E-state index contributed by atoms with van der Waals surface area (Å²) in [6.45, 7) is 14.5. The molecule has 1 amide bonds. The second-order valence-corrected chi connectivity index (χ2v) is 11.6. The van der Waals surface area contributed by atoms with E-state index in [4.69, 9.17) is 9.84 Å². The summed E-state index contributed by atoms with van der Waals surface area (Å²) in [5, 5.41) is 6.08. The van der Waals surface area contributed by atoms with Crippen molar-refractivity contribution in [1.82, 2.24) is 19.6 Å². The van der Waals surface area contributed by atoms with Crippen LogP contribution in [0.3, 0.4) is 0 Å². The largest absolute Gasteiger partial charge is 0.444 e. The van der Waals surface area contributed by atoms with Crippen molar-refractivity contribution in [2.24, 2.45) is 5.92 Å². The third-order valence-corrected chi connectivity index (χ3v) is 7.32. The summed E-state index contributed by atoms with van der Waals surface area (Å²) in [6.07, 6.45) is 6.28. The zero-order chi connectivity index (χ0) is 23.3. The van der Waals surface area contributed by atoms with Gasteiger partial charge in [0.2, 0.25) is 0 Å². The molecule has 1 aromatic heterocycles. The van der Waals surface area contributed by atoms with Crippen LogP contribution >= 0.6 is 0 Å². The SMILES string of the molecule is C[C@H]1CC[C@H](c2ccc3nn(C4CCN(C)C(C)(C)C4)cc3c2)N(C(=O)OC(C)(C)C)C1. The van der Waals surface area contributed by atoms with E-state index in [0.29, 0.717) is 12.0 Å². The number of hydrogen-bond acceptors (Lipinski definition) is 4. The van der Waals surface area contributed by atoms with E-state index in [1.165, 1.54) is 5.56 Å². The number of aromatic nitrogens is 2. The first-order valence-electron chi connectivity index (χ1n) is 12.1. The lowest BCUT2D eigenvalue weighted by Gasteiger charge is -2.43. The molecule has 1 aromatic carbocycles. The summed E-state index contributed by atoms with van der Waals surface area (Å²) < 4.78 is 7.92. The molecule has 2 aromatic rings. The molecule has 2 saturated heterocycles. The Labute approximate surface area is 192 Å². The number of amides is 1. The Morgan fingerprint density at radius 2 is 1.94 bits per heavy atom. The molecule has 6 heteroatoms. The van der Waals surface area contributed by atoms with Gasteiger partial charge in [0.25, 0.3) is 0 Å². The van der Waals surface area contributed by atoms with Crippen LogP contribution < -0.4 is 0 Å². The first kappa shape index (κ1) is 23.1. The Morgan fingerprint density at radius 1 is 1.19 bits per heavy atom. The molecule has 0 spiro atoms. The number of likely N-dealkylation sites (tertiary alicyclic amines) is 2. The van der Waals surface area contributed by atoms with Gasteiger partial charge < -0.3 is 14.5 Å². The minimum atomic E-state index is -0.491. The van der Waals surface area contributed by atoms with Gasteiger partial charge in [-0.3, -0.25) is 4.68 Å². The number of carbonyl (C=O) groups is 1. The van der Waals surface area contributed by atoms with Gasteiger partial charge in [-0.05, 0) is 91.0 Å². The van der Waals surface area contributed by atoms with E-state index >= 15 is 0 Å². The minimum absolute atomic E-state index is 0.0519. The third-order valence-electron chi connectivity index (χ3n) is 7.32. The Morgan fingerprint density at radius 3 is 2.62 bits per heavy atom. The van der Waals surface area contributed by atoms with Crippen LogP contribution in [0.2, 0.25) is 0 Å². The molecule has 0 saturated carbocycles. The van der Waals surface area contributed by atoms with Crippen molar-refractivity contribution in [1.29, 1.82) is 0 Å². The molecule has 2 aliphatic heterocycles. The normalized spacial score (nSPS) is 27.0. The molecule has 3 heterocycles. The van der Waals surface area contributed by atoms with Gasteiger partial charge in [-0.15, -0.1) is 0 Å². The number of fused-ring (bicyclic) bond motifs is 1. The molecule has 0 radical (unpaired) electrons. The highest BCUT2D eigenvalue weighted by atomic mass is 16.6. The highest BCUT2D eigenvalue weighted by Gasteiger charge is 2.35. The van der Waals surface area contributed by atoms with E-state index in [9.17, 15) is 4.79 Å². The van der Waals surface area contributed by atoms with Crippen LogP contribution in [-0.4, -0.2) is 57.0 Å². The Balaban J connectivity index is 1.59. The van der Waals surface area contributed by atoms with E-state index in [1.807, 2.05) is 25.7 Å². The molecule has 0 bridgehead atoms. The molecule has 3 atom stereocenters. The van der Waals surface area contributed by atoms with Crippen LogP contribution in [-0.2, 0) is 4.74 Å². The van der Waals surface area contributed by atoms with Crippen molar-refractivity contribution in [3.05, 3.63) is 30.0 Å².